The molecule has 4 heteroatoms. The number of benzene rings is 1. The Labute approximate surface area is 118 Å². The fourth-order valence-electron chi connectivity index (χ4n) is 1.79. The smallest absolute Gasteiger partial charge is 0.339 e. The highest BCUT2D eigenvalue weighted by Crippen LogP contribution is 2.08. The van der Waals surface area contributed by atoms with Crippen LogP contribution < -0.4 is 4.74 Å². The van der Waals surface area contributed by atoms with E-state index in [9.17, 15) is 4.79 Å². The zero-order valence-electron chi connectivity index (χ0n) is 11.4. The number of aryl methyl sites for hydroxylation is 1. The van der Waals surface area contributed by atoms with Gasteiger partial charge in [-0.25, -0.2) is 9.78 Å². The van der Waals surface area contributed by atoms with Gasteiger partial charge in [0.2, 0.25) is 5.88 Å². The molecule has 0 unspecified atom stereocenters. The largest absolute Gasteiger partial charge is 0.481 e. The molecule has 104 valence electrons. The fraction of sp³-hybridized carbons (Fsp3) is 0.250. The summed E-state index contributed by atoms with van der Waals surface area (Å²) in [6, 6.07) is 13.4. The molecule has 2 aromatic rings. The third-order valence-electron chi connectivity index (χ3n) is 2.87. The summed E-state index contributed by atoms with van der Waals surface area (Å²) in [6.45, 7) is 0.403. The Morgan fingerprint density at radius 3 is 2.60 bits per heavy atom. The lowest BCUT2D eigenvalue weighted by molar-refractivity contribution is 0.0500. The highest BCUT2D eigenvalue weighted by atomic mass is 16.5. The zero-order valence-corrected chi connectivity index (χ0v) is 11.4. The Balaban J connectivity index is 1.74. The van der Waals surface area contributed by atoms with Gasteiger partial charge in [0.1, 0.15) is 0 Å². The number of hydrogen-bond donors (Lipinski definition) is 0. The van der Waals surface area contributed by atoms with Crippen molar-refractivity contribution in [1.29, 1.82) is 0 Å². The van der Waals surface area contributed by atoms with Crippen molar-refractivity contribution < 1.29 is 14.3 Å². The summed E-state index contributed by atoms with van der Waals surface area (Å²) in [7, 11) is 1.53. The van der Waals surface area contributed by atoms with Crippen LogP contribution in [0.1, 0.15) is 22.3 Å². The van der Waals surface area contributed by atoms with E-state index in [0.717, 1.165) is 12.8 Å². The third-order valence-corrected chi connectivity index (χ3v) is 2.87. The lowest BCUT2D eigenvalue weighted by Gasteiger charge is -2.05. The number of hydrogen-bond acceptors (Lipinski definition) is 4. The summed E-state index contributed by atoms with van der Waals surface area (Å²) < 4.78 is 10.1. The number of carbonyl (C=O) groups is 1. The topological polar surface area (TPSA) is 48.4 Å². The molecule has 0 saturated heterocycles. The molecule has 1 aromatic heterocycles. The standard InChI is InChI=1S/C16H17NO3/c1-19-15-10-9-14(12-17-15)16(18)20-11-5-8-13-6-3-2-4-7-13/h2-4,6-7,9-10,12H,5,8,11H2,1H3. The molecule has 0 aliphatic rings. The minimum absolute atomic E-state index is 0.354. The highest BCUT2D eigenvalue weighted by Gasteiger charge is 2.07. The SMILES string of the molecule is COc1ccc(C(=O)OCCCc2ccccc2)cn1. The normalized spacial score (nSPS) is 10.1. The van der Waals surface area contributed by atoms with Gasteiger partial charge in [0.15, 0.2) is 0 Å². The Morgan fingerprint density at radius 2 is 1.95 bits per heavy atom. The lowest BCUT2D eigenvalue weighted by Crippen LogP contribution is -2.07. The molecule has 0 bridgehead atoms. The molecular formula is C16H17NO3. The van der Waals surface area contributed by atoms with Crippen molar-refractivity contribution in [2.75, 3.05) is 13.7 Å². The second-order valence-electron chi connectivity index (χ2n) is 4.31. The quantitative estimate of drug-likeness (QED) is 0.598. The van der Waals surface area contributed by atoms with E-state index >= 15 is 0 Å². The number of methoxy groups -OCH3 is 1. The second-order valence-corrected chi connectivity index (χ2v) is 4.31. The third kappa shape index (κ3) is 4.09. The summed E-state index contributed by atoms with van der Waals surface area (Å²) in [5, 5.41) is 0. The molecule has 4 nitrogen and oxygen atoms in total. The number of rotatable bonds is 6. The number of esters is 1. The predicted molar refractivity (Wildman–Crippen MR) is 75.8 cm³/mol. The van der Waals surface area contributed by atoms with Gasteiger partial charge in [0, 0.05) is 12.3 Å². The maximum atomic E-state index is 11.8. The molecule has 0 amide bonds. The van der Waals surface area contributed by atoms with Crippen LogP contribution in [0.3, 0.4) is 0 Å². The molecule has 0 atom stereocenters. The summed E-state index contributed by atoms with van der Waals surface area (Å²) in [6.07, 6.45) is 3.16. The monoisotopic (exact) mass is 271 g/mol. The summed E-state index contributed by atoms with van der Waals surface area (Å²) in [5.74, 6) is 0.124. The number of ether oxygens (including phenoxy) is 2. The zero-order chi connectivity index (χ0) is 14.2. The molecule has 20 heavy (non-hydrogen) atoms. The van der Waals surface area contributed by atoms with Gasteiger partial charge in [-0.05, 0) is 24.5 Å². The molecule has 0 radical (unpaired) electrons. The molecular weight excluding hydrogens is 254 g/mol. The average molecular weight is 271 g/mol. The Kier molecular flexibility index (Phi) is 5.12. The van der Waals surface area contributed by atoms with Crippen LogP contribution in [0, 0.1) is 0 Å². The van der Waals surface area contributed by atoms with Crippen LogP contribution in [0.25, 0.3) is 0 Å². The van der Waals surface area contributed by atoms with Crippen molar-refractivity contribution in [1.82, 2.24) is 4.98 Å². The number of pyridine rings is 1. The minimum atomic E-state index is -0.354. The van der Waals surface area contributed by atoms with Crippen LogP contribution in [0.5, 0.6) is 5.88 Å². The summed E-state index contributed by atoms with van der Waals surface area (Å²) in [5.41, 5.74) is 1.68. The van der Waals surface area contributed by atoms with E-state index in [1.165, 1.54) is 18.9 Å². The van der Waals surface area contributed by atoms with Gasteiger partial charge in [0.25, 0.3) is 0 Å². The van der Waals surface area contributed by atoms with Crippen molar-refractivity contribution in [2.45, 2.75) is 12.8 Å². The first-order valence-corrected chi connectivity index (χ1v) is 6.50. The lowest BCUT2D eigenvalue weighted by atomic mass is 10.1. The molecule has 0 aliphatic heterocycles. The van der Waals surface area contributed by atoms with Crippen molar-refractivity contribution in [3.05, 3.63) is 59.8 Å². The Bertz CT molecular complexity index is 537. The molecule has 2 rings (SSSR count). The molecule has 0 N–H and O–H groups in total. The first-order valence-electron chi connectivity index (χ1n) is 6.50. The van der Waals surface area contributed by atoms with Crippen LogP contribution in [0.15, 0.2) is 48.7 Å². The summed E-state index contributed by atoms with van der Waals surface area (Å²) >= 11 is 0. The Hall–Kier alpha value is -2.36. The van der Waals surface area contributed by atoms with Crippen molar-refractivity contribution in [2.24, 2.45) is 0 Å². The van der Waals surface area contributed by atoms with E-state index in [1.54, 1.807) is 12.1 Å². The van der Waals surface area contributed by atoms with Gasteiger partial charge in [-0.2, -0.15) is 0 Å². The van der Waals surface area contributed by atoms with Gasteiger partial charge < -0.3 is 9.47 Å². The number of nitrogens with zero attached hydrogens (tertiary/aromatic N) is 1. The maximum Gasteiger partial charge on any atom is 0.339 e. The molecule has 0 saturated carbocycles. The average Bonchev–Trinajstić information content (AvgIpc) is 2.52. The van der Waals surface area contributed by atoms with E-state index in [0.29, 0.717) is 18.1 Å². The van der Waals surface area contributed by atoms with Crippen LogP contribution in [-0.4, -0.2) is 24.7 Å². The highest BCUT2D eigenvalue weighted by molar-refractivity contribution is 5.89. The Morgan fingerprint density at radius 1 is 1.15 bits per heavy atom. The summed E-state index contributed by atoms with van der Waals surface area (Å²) in [4.78, 5) is 15.7. The van der Waals surface area contributed by atoms with Crippen molar-refractivity contribution in [3.63, 3.8) is 0 Å². The first kappa shape index (κ1) is 14.1. The van der Waals surface area contributed by atoms with Crippen LogP contribution >= 0.6 is 0 Å². The predicted octanol–water partition coefficient (Wildman–Crippen LogP) is 2.88. The number of carbonyl (C=O) groups excluding carboxylic acids is 1. The fourth-order valence-corrected chi connectivity index (χ4v) is 1.79. The number of aromatic nitrogens is 1. The van der Waals surface area contributed by atoms with E-state index in [2.05, 4.69) is 17.1 Å². The minimum Gasteiger partial charge on any atom is -0.481 e. The molecule has 0 fully saturated rings. The van der Waals surface area contributed by atoms with Crippen molar-refractivity contribution >= 4 is 5.97 Å². The second kappa shape index (κ2) is 7.28. The van der Waals surface area contributed by atoms with Crippen LogP contribution in [0.4, 0.5) is 0 Å². The van der Waals surface area contributed by atoms with Crippen molar-refractivity contribution in [3.8, 4) is 5.88 Å². The van der Waals surface area contributed by atoms with Gasteiger partial charge in [0.05, 0.1) is 19.3 Å². The van der Waals surface area contributed by atoms with Crippen LogP contribution in [-0.2, 0) is 11.2 Å². The van der Waals surface area contributed by atoms with Gasteiger partial charge in [-0.3, -0.25) is 0 Å². The maximum absolute atomic E-state index is 11.8. The molecule has 1 aromatic carbocycles. The van der Waals surface area contributed by atoms with E-state index in [-0.39, 0.29) is 5.97 Å². The molecule has 1 heterocycles. The van der Waals surface area contributed by atoms with Gasteiger partial charge in [-0.15, -0.1) is 0 Å². The van der Waals surface area contributed by atoms with E-state index in [4.69, 9.17) is 9.47 Å². The molecule has 0 spiro atoms. The van der Waals surface area contributed by atoms with E-state index < -0.39 is 0 Å². The van der Waals surface area contributed by atoms with Crippen LogP contribution in [0.2, 0.25) is 0 Å². The van der Waals surface area contributed by atoms with Gasteiger partial charge >= 0.3 is 5.97 Å². The first-order chi connectivity index (χ1) is 9.79. The molecule has 0 aliphatic carbocycles. The van der Waals surface area contributed by atoms with E-state index in [1.807, 2.05) is 18.2 Å². The van der Waals surface area contributed by atoms with Gasteiger partial charge in [-0.1, -0.05) is 30.3 Å².